The van der Waals surface area contributed by atoms with Gasteiger partial charge in [0, 0.05) is 25.7 Å². The zero-order valence-corrected chi connectivity index (χ0v) is 8.79. The molecule has 3 N–H and O–H groups in total. The van der Waals surface area contributed by atoms with E-state index in [1.54, 1.807) is 0 Å². The van der Waals surface area contributed by atoms with Crippen molar-refractivity contribution in [1.29, 1.82) is 0 Å². The summed E-state index contributed by atoms with van der Waals surface area (Å²) in [6.45, 7) is 6.83. The molecule has 0 radical (unpaired) electrons. The van der Waals surface area contributed by atoms with Crippen molar-refractivity contribution < 1.29 is 5.11 Å². The van der Waals surface area contributed by atoms with Gasteiger partial charge in [0.2, 0.25) is 0 Å². The monoisotopic (exact) mass is 186 g/mol. The van der Waals surface area contributed by atoms with Gasteiger partial charge in [-0.25, -0.2) is 0 Å². The third kappa shape index (κ3) is 2.66. The maximum Gasteiger partial charge on any atom is 0.0793 e. The molecule has 1 saturated heterocycles. The number of hydrogen-bond donors (Lipinski definition) is 2. The zero-order chi connectivity index (χ0) is 9.90. The Morgan fingerprint density at radius 2 is 2.00 bits per heavy atom. The molecule has 3 nitrogen and oxygen atoms in total. The van der Waals surface area contributed by atoms with Gasteiger partial charge in [0.1, 0.15) is 0 Å². The summed E-state index contributed by atoms with van der Waals surface area (Å²) in [5.74, 6) is 0. The van der Waals surface area contributed by atoms with Crippen LogP contribution in [0, 0.1) is 0 Å². The molecule has 1 aliphatic rings. The van der Waals surface area contributed by atoms with Crippen molar-refractivity contribution in [3.05, 3.63) is 0 Å². The number of likely N-dealkylation sites (tertiary alicyclic amines) is 1. The Hall–Kier alpha value is -0.120. The van der Waals surface area contributed by atoms with E-state index in [2.05, 4.69) is 18.7 Å². The van der Waals surface area contributed by atoms with Crippen LogP contribution >= 0.6 is 0 Å². The number of hydrogen-bond acceptors (Lipinski definition) is 3. The van der Waals surface area contributed by atoms with Gasteiger partial charge in [-0.3, -0.25) is 0 Å². The summed E-state index contributed by atoms with van der Waals surface area (Å²) in [4.78, 5) is 2.43. The number of rotatable bonds is 3. The first kappa shape index (κ1) is 11.0. The van der Waals surface area contributed by atoms with Crippen LogP contribution in [0.1, 0.15) is 33.1 Å². The molecule has 0 bridgehead atoms. The highest BCUT2D eigenvalue weighted by molar-refractivity contribution is 4.87. The van der Waals surface area contributed by atoms with E-state index in [1.165, 1.54) is 6.42 Å². The molecule has 0 spiro atoms. The van der Waals surface area contributed by atoms with Gasteiger partial charge in [0.25, 0.3) is 0 Å². The van der Waals surface area contributed by atoms with E-state index >= 15 is 0 Å². The van der Waals surface area contributed by atoms with E-state index in [0.717, 1.165) is 25.9 Å². The first-order chi connectivity index (χ1) is 6.11. The summed E-state index contributed by atoms with van der Waals surface area (Å²) in [6.07, 6.45) is 2.84. The molecule has 3 heteroatoms. The Balaban J connectivity index is 2.38. The third-order valence-electron chi connectivity index (χ3n) is 3.32. The topological polar surface area (TPSA) is 49.5 Å². The van der Waals surface area contributed by atoms with Crippen LogP contribution in [-0.2, 0) is 0 Å². The predicted molar refractivity (Wildman–Crippen MR) is 54.6 cm³/mol. The molecule has 0 saturated carbocycles. The summed E-state index contributed by atoms with van der Waals surface area (Å²) in [5.41, 5.74) is 4.94. The van der Waals surface area contributed by atoms with Crippen LogP contribution in [0.4, 0.5) is 0 Å². The molecule has 0 aromatic rings. The van der Waals surface area contributed by atoms with Crippen molar-refractivity contribution in [3.8, 4) is 0 Å². The van der Waals surface area contributed by atoms with Gasteiger partial charge in [-0.15, -0.1) is 0 Å². The molecule has 78 valence electrons. The fourth-order valence-corrected chi connectivity index (χ4v) is 1.84. The van der Waals surface area contributed by atoms with Crippen molar-refractivity contribution in [3.63, 3.8) is 0 Å². The molecule has 0 aromatic heterocycles. The quantitative estimate of drug-likeness (QED) is 0.677. The molecule has 1 aliphatic heterocycles. The fourth-order valence-electron chi connectivity index (χ4n) is 1.84. The average Bonchev–Trinajstić information content (AvgIpc) is 2.18. The molecule has 1 fully saturated rings. The molecule has 0 aliphatic carbocycles. The maximum atomic E-state index is 9.90. The number of nitrogens with zero attached hydrogens (tertiary/aromatic N) is 1. The van der Waals surface area contributed by atoms with Crippen LogP contribution in [0.2, 0.25) is 0 Å². The smallest absolute Gasteiger partial charge is 0.0793 e. The normalized spacial score (nSPS) is 25.8. The van der Waals surface area contributed by atoms with Crippen LogP contribution < -0.4 is 5.73 Å². The van der Waals surface area contributed by atoms with E-state index in [9.17, 15) is 5.11 Å². The molecular weight excluding hydrogens is 164 g/mol. The van der Waals surface area contributed by atoms with Crippen molar-refractivity contribution in [2.75, 3.05) is 19.6 Å². The highest BCUT2D eigenvalue weighted by atomic mass is 16.3. The Morgan fingerprint density at radius 3 is 2.38 bits per heavy atom. The van der Waals surface area contributed by atoms with Gasteiger partial charge >= 0.3 is 0 Å². The van der Waals surface area contributed by atoms with Crippen LogP contribution in [0.15, 0.2) is 0 Å². The summed E-state index contributed by atoms with van der Waals surface area (Å²) in [6, 6.07) is 0.641. The minimum Gasteiger partial charge on any atom is -0.388 e. The van der Waals surface area contributed by atoms with Gasteiger partial charge < -0.3 is 15.7 Å². The van der Waals surface area contributed by atoms with E-state index in [-0.39, 0.29) is 0 Å². The molecule has 13 heavy (non-hydrogen) atoms. The predicted octanol–water partition coefficient (Wildman–Crippen LogP) is 0.570. The van der Waals surface area contributed by atoms with E-state index in [4.69, 9.17) is 5.73 Å². The van der Waals surface area contributed by atoms with Gasteiger partial charge in [-0.05, 0) is 26.2 Å². The standard InChI is InChI=1S/C10H22N2O/c1-3-9(2)12-6-4-10(13,8-11)5-7-12/h9,13H,3-8,11H2,1-2H3. The molecule has 1 heterocycles. The largest absolute Gasteiger partial charge is 0.388 e. The molecule has 1 rings (SSSR count). The molecule has 0 aromatic carbocycles. The van der Waals surface area contributed by atoms with Crippen LogP contribution in [0.25, 0.3) is 0 Å². The Morgan fingerprint density at radius 1 is 1.46 bits per heavy atom. The molecule has 0 amide bonds. The lowest BCUT2D eigenvalue weighted by atomic mass is 9.91. The first-order valence-electron chi connectivity index (χ1n) is 5.28. The van der Waals surface area contributed by atoms with E-state index < -0.39 is 5.60 Å². The van der Waals surface area contributed by atoms with Crippen LogP contribution in [0.3, 0.4) is 0 Å². The first-order valence-corrected chi connectivity index (χ1v) is 5.28. The second kappa shape index (κ2) is 4.40. The summed E-state index contributed by atoms with van der Waals surface area (Å²) in [7, 11) is 0. The Bertz CT molecular complexity index is 153. The van der Waals surface area contributed by atoms with Crippen molar-refractivity contribution >= 4 is 0 Å². The number of piperidine rings is 1. The third-order valence-corrected chi connectivity index (χ3v) is 3.32. The minimum atomic E-state index is -0.579. The highest BCUT2D eigenvalue weighted by Crippen LogP contribution is 2.22. The van der Waals surface area contributed by atoms with Crippen molar-refractivity contribution in [2.24, 2.45) is 5.73 Å². The highest BCUT2D eigenvalue weighted by Gasteiger charge is 2.31. The van der Waals surface area contributed by atoms with E-state index in [0.29, 0.717) is 12.6 Å². The summed E-state index contributed by atoms with van der Waals surface area (Å²) in [5, 5.41) is 9.90. The average molecular weight is 186 g/mol. The van der Waals surface area contributed by atoms with Gasteiger partial charge in [0.05, 0.1) is 5.60 Å². The SMILES string of the molecule is CCC(C)N1CCC(O)(CN)CC1. The van der Waals surface area contributed by atoms with Crippen molar-refractivity contribution in [1.82, 2.24) is 4.90 Å². The Labute approximate surface area is 80.9 Å². The molecular formula is C10H22N2O. The lowest BCUT2D eigenvalue weighted by molar-refractivity contribution is -0.0223. The van der Waals surface area contributed by atoms with Crippen LogP contribution in [-0.4, -0.2) is 41.3 Å². The van der Waals surface area contributed by atoms with Gasteiger partial charge in [-0.2, -0.15) is 0 Å². The Kier molecular flexibility index (Phi) is 3.71. The summed E-state index contributed by atoms with van der Waals surface area (Å²) < 4.78 is 0. The van der Waals surface area contributed by atoms with E-state index in [1.807, 2.05) is 0 Å². The van der Waals surface area contributed by atoms with Gasteiger partial charge in [0.15, 0.2) is 0 Å². The summed E-state index contributed by atoms with van der Waals surface area (Å²) >= 11 is 0. The lowest BCUT2D eigenvalue weighted by Gasteiger charge is -2.40. The fraction of sp³-hybridized carbons (Fsp3) is 1.00. The number of aliphatic hydroxyl groups is 1. The zero-order valence-electron chi connectivity index (χ0n) is 8.79. The van der Waals surface area contributed by atoms with Crippen molar-refractivity contribution in [2.45, 2.75) is 44.8 Å². The second-order valence-corrected chi connectivity index (χ2v) is 4.22. The van der Waals surface area contributed by atoms with Crippen LogP contribution in [0.5, 0.6) is 0 Å². The molecule has 1 atom stereocenters. The molecule has 1 unspecified atom stereocenters. The second-order valence-electron chi connectivity index (χ2n) is 4.22. The van der Waals surface area contributed by atoms with Gasteiger partial charge in [-0.1, -0.05) is 6.92 Å². The minimum absolute atomic E-state index is 0.404. The maximum absolute atomic E-state index is 9.90. The lowest BCUT2D eigenvalue weighted by Crippen LogP contribution is -2.50. The number of nitrogens with two attached hydrogens (primary N) is 1.